The molecule has 0 saturated carbocycles. The van der Waals surface area contributed by atoms with Crippen molar-refractivity contribution < 1.29 is 4.79 Å². The second-order valence-corrected chi connectivity index (χ2v) is 8.46. The number of rotatable bonds is 5. The van der Waals surface area contributed by atoms with Crippen molar-refractivity contribution in [2.75, 3.05) is 31.1 Å². The van der Waals surface area contributed by atoms with E-state index < -0.39 is 0 Å². The number of nitrogens with one attached hydrogen (secondary N) is 3. The van der Waals surface area contributed by atoms with Crippen LogP contribution >= 0.6 is 15.9 Å². The number of guanidine groups is 1. The van der Waals surface area contributed by atoms with Crippen LogP contribution < -0.4 is 20.9 Å². The third-order valence-corrected chi connectivity index (χ3v) is 4.49. The minimum atomic E-state index is -0.241. The van der Waals surface area contributed by atoms with Crippen molar-refractivity contribution in [3.05, 3.63) is 28.7 Å². The second kappa shape index (κ2) is 9.26. The lowest BCUT2D eigenvalue weighted by Gasteiger charge is -2.21. The lowest BCUT2D eigenvalue weighted by atomic mass is 10.1. The molecule has 144 valence electrons. The van der Waals surface area contributed by atoms with Crippen LogP contribution in [0.5, 0.6) is 0 Å². The molecule has 1 aromatic rings. The van der Waals surface area contributed by atoms with Crippen molar-refractivity contribution in [1.29, 1.82) is 0 Å². The molecule has 26 heavy (non-hydrogen) atoms. The van der Waals surface area contributed by atoms with Gasteiger partial charge < -0.3 is 20.9 Å². The molecule has 1 unspecified atom stereocenters. The molecular weight excluding hydrogens is 394 g/mol. The summed E-state index contributed by atoms with van der Waals surface area (Å²) in [6.07, 6.45) is 1.04. The van der Waals surface area contributed by atoms with Gasteiger partial charge in [-0.25, -0.2) is 4.99 Å². The number of hydrogen-bond acceptors (Lipinski definition) is 3. The topological polar surface area (TPSA) is 68.8 Å². The molecule has 3 N–H and O–H groups in total. The van der Waals surface area contributed by atoms with E-state index in [0.29, 0.717) is 12.0 Å². The van der Waals surface area contributed by atoms with Crippen molar-refractivity contribution >= 4 is 33.5 Å². The van der Waals surface area contributed by atoms with Gasteiger partial charge in [0, 0.05) is 41.4 Å². The van der Waals surface area contributed by atoms with Crippen LogP contribution in [0.2, 0.25) is 0 Å². The summed E-state index contributed by atoms with van der Waals surface area (Å²) in [5.41, 5.74) is 0.985. The van der Waals surface area contributed by atoms with Gasteiger partial charge in [-0.3, -0.25) is 4.79 Å². The number of anilines is 1. The first-order valence-electron chi connectivity index (χ1n) is 9.13. The number of carbonyl (C=O) groups excluding carboxylic acids is 1. The van der Waals surface area contributed by atoms with Gasteiger partial charge in [0.15, 0.2) is 5.96 Å². The summed E-state index contributed by atoms with van der Waals surface area (Å²) >= 11 is 3.48. The Kier molecular flexibility index (Phi) is 7.32. The van der Waals surface area contributed by atoms with E-state index >= 15 is 0 Å². The van der Waals surface area contributed by atoms with Crippen LogP contribution in [0, 0.1) is 0 Å². The van der Waals surface area contributed by atoms with Crippen molar-refractivity contribution in [2.45, 2.75) is 45.7 Å². The Morgan fingerprint density at radius 2 is 2.00 bits per heavy atom. The highest BCUT2D eigenvalue weighted by Gasteiger charge is 2.23. The molecule has 0 aliphatic carbocycles. The predicted octanol–water partition coefficient (Wildman–Crippen LogP) is 2.50. The first-order valence-corrected chi connectivity index (χ1v) is 9.92. The highest BCUT2D eigenvalue weighted by atomic mass is 79.9. The van der Waals surface area contributed by atoms with Crippen LogP contribution in [-0.2, 0) is 4.79 Å². The zero-order chi connectivity index (χ0) is 19.2. The maximum absolute atomic E-state index is 12.0. The van der Waals surface area contributed by atoms with Gasteiger partial charge in [0.05, 0.1) is 0 Å². The molecule has 6 nitrogen and oxygen atoms in total. The summed E-state index contributed by atoms with van der Waals surface area (Å²) < 4.78 is 1.09. The van der Waals surface area contributed by atoms with Gasteiger partial charge >= 0.3 is 0 Å². The average Bonchev–Trinajstić information content (AvgIpc) is 3.00. The quantitative estimate of drug-likeness (QED) is 0.502. The Morgan fingerprint density at radius 1 is 1.31 bits per heavy atom. The Hall–Kier alpha value is -1.76. The SMILES string of the molecule is CCNC(=NCC(=O)NC(C)(C)C)NC1CCN(c2ccc(Br)cc2)C1. The van der Waals surface area contributed by atoms with Crippen molar-refractivity contribution in [3.63, 3.8) is 0 Å². The molecule has 1 saturated heterocycles. The summed E-state index contributed by atoms with van der Waals surface area (Å²) in [4.78, 5) is 18.8. The van der Waals surface area contributed by atoms with Crippen LogP contribution in [0.15, 0.2) is 33.7 Å². The van der Waals surface area contributed by atoms with E-state index in [-0.39, 0.29) is 18.0 Å². The van der Waals surface area contributed by atoms with Gasteiger partial charge in [0.2, 0.25) is 5.91 Å². The summed E-state index contributed by atoms with van der Waals surface area (Å²) in [6, 6.07) is 8.69. The van der Waals surface area contributed by atoms with Crippen LogP contribution in [0.25, 0.3) is 0 Å². The van der Waals surface area contributed by atoms with Crippen molar-refractivity contribution in [1.82, 2.24) is 16.0 Å². The third-order valence-electron chi connectivity index (χ3n) is 3.96. The minimum absolute atomic E-state index is 0.0717. The van der Waals surface area contributed by atoms with Gasteiger partial charge in [0.25, 0.3) is 0 Å². The Morgan fingerprint density at radius 3 is 2.62 bits per heavy atom. The zero-order valence-corrected chi connectivity index (χ0v) is 17.7. The minimum Gasteiger partial charge on any atom is -0.369 e. The molecule has 1 aliphatic rings. The molecule has 0 radical (unpaired) electrons. The monoisotopic (exact) mass is 423 g/mol. The maximum Gasteiger partial charge on any atom is 0.242 e. The molecule has 1 aromatic carbocycles. The number of hydrogen-bond donors (Lipinski definition) is 3. The fraction of sp³-hybridized carbons (Fsp3) is 0.579. The molecule has 2 rings (SSSR count). The summed E-state index contributed by atoms with van der Waals surface area (Å²) in [5, 5.41) is 9.61. The first kappa shape index (κ1) is 20.6. The van der Waals surface area contributed by atoms with Crippen LogP contribution in [0.1, 0.15) is 34.1 Å². The number of amides is 1. The van der Waals surface area contributed by atoms with E-state index in [2.05, 4.69) is 66.0 Å². The van der Waals surface area contributed by atoms with Crippen LogP contribution in [-0.4, -0.2) is 49.6 Å². The fourth-order valence-corrected chi connectivity index (χ4v) is 3.15. The standard InChI is InChI=1S/C19H30BrN5O/c1-5-21-18(22-12-17(26)24-19(2,3)4)23-15-10-11-25(13-15)16-8-6-14(20)7-9-16/h6-9,15H,5,10-13H2,1-4H3,(H,24,26)(H2,21,22,23). The van der Waals surface area contributed by atoms with Crippen molar-refractivity contribution in [3.8, 4) is 0 Å². The van der Waals surface area contributed by atoms with E-state index in [1.807, 2.05) is 27.7 Å². The van der Waals surface area contributed by atoms with E-state index in [9.17, 15) is 4.79 Å². The fourth-order valence-electron chi connectivity index (χ4n) is 2.89. The number of halogens is 1. The zero-order valence-electron chi connectivity index (χ0n) is 16.1. The predicted molar refractivity (Wildman–Crippen MR) is 112 cm³/mol. The Labute approximate surface area is 165 Å². The van der Waals surface area contributed by atoms with E-state index in [1.165, 1.54) is 5.69 Å². The summed E-state index contributed by atoms with van der Waals surface area (Å²) in [6.45, 7) is 10.7. The number of aliphatic imine (C=N–C) groups is 1. The highest BCUT2D eigenvalue weighted by Crippen LogP contribution is 2.22. The molecule has 0 spiro atoms. The normalized spacial score (nSPS) is 18.0. The molecular formula is C19H30BrN5O. The molecule has 1 heterocycles. The van der Waals surface area contributed by atoms with Crippen molar-refractivity contribution in [2.24, 2.45) is 4.99 Å². The molecule has 1 fully saturated rings. The molecule has 0 aromatic heterocycles. The molecule has 1 atom stereocenters. The third kappa shape index (κ3) is 6.86. The first-order chi connectivity index (χ1) is 12.3. The van der Waals surface area contributed by atoms with Gasteiger partial charge in [0.1, 0.15) is 6.54 Å². The lowest BCUT2D eigenvalue weighted by Crippen LogP contribution is -2.46. The Bertz CT molecular complexity index is 624. The maximum atomic E-state index is 12.0. The van der Waals surface area contributed by atoms with Gasteiger partial charge in [-0.1, -0.05) is 15.9 Å². The molecule has 7 heteroatoms. The van der Waals surface area contributed by atoms with Gasteiger partial charge in [-0.15, -0.1) is 0 Å². The van der Waals surface area contributed by atoms with E-state index in [0.717, 1.165) is 30.5 Å². The van der Waals surface area contributed by atoms with E-state index in [1.54, 1.807) is 0 Å². The smallest absolute Gasteiger partial charge is 0.242 e. The largest absolute Gasteiger partial charge is 0.369 e. The number of carbonyl (C=O) groups is 1. The molecule has 1 aliphatic heterocycles. The molecule has 0 bridgehead atoms. The summed E-state index contributed by atoms with van der Waals surface area (Å²) in [5.74, 6) is 0.622. The van der Waals surface area contributed by atoms with Crippen LogP contribution in [0.3, 0.4) is 0 Å². The second-order valence-electron chi connectivity index (χ2n) is 7.55. The van der Waals surface area contributed by atoms with Gasteiger partial charge in [-0.2, -0.15) is 0 Å². The average molecular weight is 424 g/mol. The number of nitrogens with zero attached hydrogens (tertiary/aromatic N) is 2. The van der Waals surface area contributed by atoms with Crippen LogP contribution in [0.4, 0.5) is 5.69 Å². The molecule has 1 amide bonds. The summed E-state index contributed by atoms with van der Waals surface area (Å²) in [7, 11) is 0. The number of benzene rings is 1. The van der Waals surface area contributed by atoms with Gasteiger partial charge in [-0.05, 0) is 58.4 Å². The lowest BCUT2D eigenvalue weighted by molar-refractivity contribution is -0.121. The van der Waals surface area contributed by atoms with E-state index in [4.69, 9.17) is 0 Å². The Balaban J connectivity index is 1.90. The highest BCUT2D eigenvalue weighted by molar-refractivity contribution is 9.10.